The van der Waals surface area contributed by atoms with Crippen LogP contribution in [-0.4, -0.2) is 74.8 Å². The number of nitrogens with zero attached hydrogens (tertiary/aromatic N) is 2. The highest BCUT2D eigenvalue weighted by Gasteiger charge is 2.75. The highest BCUT2D eigenvalue weighted by Crippen LogP contribution is 2.71. The van der Waals surface area contributed by atoms with Gasteiger partial charge in [0.2, 0.25) is 0 Å². The van der Waals surface area contributed by atoms with Gasteiger partial charge in [-0.2, -0.15) is 0 Å². The van der Waals surface area contributed by atoms with Gasteiger partial charge in [-0.05, 0) is 72.8 Å². The quantitative estimate of drug-likeness (QED) is 0.516. The first-order valence-electron chi connectivity index (χ1n) is 14.8. The van der Waals surface area contributed by atoms with E-state index in [1.54, 1.807) is 6.20 Å². The highest BCUT2D eigenvalue weighted by molar-refractivity contribution is 5.82. The van der Waals surface area contributed by atoms with Crippen molar-refractivity contribution in [2.24, 2.45) is 17.1 Å². The van der Waals surface area contributed by atoms with Crippen LogP contribution in [0.15, 0.2) is 60.0 Å². The first-order valence-corrected chi connectivity index (χ1v) is 14.8. The van der Waals surface area contributed by atoms with Gasteiger partial charge in [0.05, 0.1) is 17.3 Å². The Morgan fingerprint density at radius 2 is 2.08 bits per heavy atom. The van der Waals surface area contributed by atoms with Crippen molar-refractivity contribution >= 4 is 10.8 Å². The molecular weight excluding hydrogens is 490 g/mol. The molecule has 7 heteroatoms. The van der Waals surface area contributed by atoms with Crippen LogP contribution in [-0.2, 0) is 15.1 Å². The Kier molecular flexibility index (Phi) is 4.46. The van der Waals surface area contributed by atoms with E-state index in [0.717, 1.165) is 55.1 Å². The maximum Gasteiger partial charge on any atom is 0.121 e. The first-order chi connectivity index (χ1) is 18.8. The summed E-state index contributed by atoms with van der Waals surface area (Å²) in [6.07, 6.45) is 12.9. The monoisotopic (exact) mass is 527 g/mol. The minimum Gasteiger partial charge on any atom is -0.390 e. The number of fused-ring (bicyclic) bond motifs is 4. The van der Waals surface area contributed by atoms with Gasteiger partial charge in [0.15, 0.2) is 0 Å². The number of epoxide rings is 1. The number of rotatable bonds is 2. The lowest BCUT2D eigenvalue weighted by Crippen LogP contribution is -2.59. The van der Waals surface area contributed by atoms with Crippen LogP contribution >= 0.6 is 0 Å². The summed E-state index contributed by atoms with van der Waals surface area (Å²) in [5.74, 6) is 0.00303. The summed E-state index contributed by atoms with van der Waals surface area (Å²) < 4.78 is 13.8. The molecule has 0 radical (unpaired) electrons. The normalized spacial score (nSPS) is 49.6. The van der Waals surface area contributed by atoms with E-state index in [4.69, 9.17) is 15.2 Å². The van der Waals surface area contributed by atoms with Crippen LogP contribution in [0.4, 0.5) is 0 Å². The van der Waals surface area contributed by atoms with E-state index in [1.807, 2.05) is 30.5 Å². The number of hydrogen-bond donors (Lipinski definition) is 3. The smallest absolute Gasteiger partial charge is 0.121 e. The van der Waals surface area contributed by atoms with Gasteiger partial charge in [0, 0.05) is 54.3 Å². The molecular formula is C32H37N3O4. The molecule has 2 aromatic rings. The zero-order valence-electron chi connectivity index (χ0n) is 22.4. The molecule has 1 aromatic carbocycles. The van der Waals surface area contributed by atoms with Crippen molar-refractivity contribution in [1.82, 2.24) is 9.88 Å². The van der Waals surface area contributed by atoms with Crippen molar-refractivity contribution in [1.29, 1.82) is 0 Å². The van der Waals surface area contributed by atoms with E-state index >= 15 is 0 Å². The van der Waals surface area contributed by atoms with Crippen molar-refractivity contribution in [2.45, 2.75) is 92.6 Å². The second kappa shape index (κ2) is 7.38. The summed E-state index contributed by atoms with van der Waals surface area (Å²) in [7, 11) is 0. The Labute approximate surface area is 228 Å². The molecule has 2 saturated carbocycles. The SMILES string of the molecule is C[C@]12CC=C3C=C4[C@H]5OC5[C@@H](N5CC[C@@H](N)C5)C[C@]45CCC3(O5)[C@@H]1C[C@@H](O)[C@]2(O)c1ccc2ccncc2c1. The van der Waals surface area contributed by atoms with Crippen LogP contribution in [0.25, 0.3) is 10.8 Å². The number of aromatic nitrogens is 1. The summed E-state index contributed by atoms with van der Waals surface area (Å²) in [5, 5.41) is 26.3. The second-order valence-electron chi connectivity index (χ2n) is 13.7. The van der Waals surface area contributed by atoms with E-state index in [2.05, 4.69) is 29.0 Å². The molecule has 2 bridgehead atoms. The van der Waals surface area contributed by atoms with Gasteiger partial charge in [-0.15, -0.1) is 0 Å². The van der Waals surface area contributed by atoms with Crippen molar-refractivity contribution in [3.63, 3.8) is 0 Å². The van der Waals surface area contributed by atoms with E-state index in [9.17, 15) is 10.2 Å². The average molecular weight is 528 g/mol. The lowest BCUT2D eigenvalue weighted by molar-refractivity contribution is -0.174. The third-order valence-corrected chi connectivity index (χ3v) is 12.0. The Hall–Kier alpha value is -2.13. The maximum atomic E-state index is 12.5. The summed E-state index contributed by atoms with van der Waals surface area (Å²) in [5.41, 5.74) is 6.85. The minimum atomic E-state index is -1.38. The van der Waals surface area contributed by atoms with Gasteiger partial charge < -0.3 is 25.4 Å². The zero-order chi connectivity index (χ0) is 26.4. The predicted octanol–water partition coefficient (Wildman–Crippen LogP) is 2.94. The molecule has 3 saturated heterocycles. The number of aliphatic hydroxyl groups excluding tert-OH is 1. The Morgan fingerprint density at radius 1 is 1.18 bits per heavy atom. The molecule has 9 rings (SSSR count). The predicted molar refractivity (Wildman–Crippen MR) is 146 cm³/mol. The fourth-order valence-corrected chi connectivity index (χ4v) is 9.99. The standard InChI is InChI=1S/C32H37N3O4/c1-29-7-4-20-13-23-27-28(38-27)24(35-11-6-22(33)17-35)15-30(23)8-9-31(20,39-30)25(29)14-26(36)32(29,37)21-3-2-18-5-10-34-16-19(18)12-21/h2-5,10,12-13,16,22,24-28,36-37H,6-9,11,14-15,17,33H2,1H3/t22-,24+,25-,26-,27-,28?,29+,30-,31?,32-/m1/s1. The molecule has 4 aliphatic heterocycles. The summed E-state index contributed by atoms with van der Waals surface area (Å²) >= 11 is 0. The molecule has 3 aliphatic carbocycles. The zero-order valence-corrected chi connectivity index (χ0v) is 22.4. The third-order valence-electron chi connectivity index (χ3n) is 12.0. The molecule has 5 fully saturated rings. The van der Waals surface area contributed by atoms with Gasteiger partial charge >= 0.3 is 0 Å². The number of pyridine rings is 1. The van der Waals surface area contributed by atoms with E-state index < -0.39 is 22.7 Å². The number of benzene rings is 1. The van der Waals surface area contributed by atoms with Crippen LogP contribution in [0.3, 0.4) is 0 Å². The highest BCUT2D eigenvalue weighted by atomic mass is 16.6. The van der Waals surface area contributed by atoms with E-state index in [1.165, 1.54) is 11.1 Å². The van der Waals surface area contributed by atoms with Crippen LogP contribution in [0.2, 0.25) is 0 Å². The van der Waals surface area contributed by atoms with Crippen molar-refractivity contribution in [3.8, 4) is 0 Å². The molecule has 2 spiro atoms. The summed E-state index contributed by atoms with van der Waals surface area (Å²) in [4.78, 5) is 6.83. The Balaban J connectivity index is 1.12. The number of allylic oxidation sites excluding steroid dienone is 1. The van der Waals surface area contributed by atoms with Crippen LogP contribution < -0.4 is 5.73 Å². The van der Waals surface area contributed by atoms with Crippen molar-refractivity contribution < 1.29 is 19.7 Å². The van der Waals surface area contributed by atoms with Gasteiger partial charge in [-0.1, -0.05) is 31.2 Å². The van der Waals surface area contributed by atoms with Gasteiger partial charge in [0.25, 0.3) is 0 Å². The maximum absolute atomic E-state index is 12.5. The summed E-state index contributed by atoms with van der Waals surface area (Å²) in [6.45, 7) is 4.14. The molecule has 39 heavy (non-hydrogen) atoms. The molecule has 4 N–H and O–H groups in total. The largest absolute Gasteiger partial charge is 0.390 e. The molecule has 5 heterocycles. The number of aliphatic hydroxyl groups is 2. The van der Waals surface area contributed by atoms with E-state index in [0.29, 0.717) is 18.9 Å². The number of nitrogens with two attached hydrogens (primary N) is 1. The Bertz CT molecular complexity index is 1470. The molecule has 0 amide bonds. The average Bonchev–Trinajstić information content (AvgIpc) is 3.45. The van der Waals surface area contributed by atoms with Gasteiger partial charge in [-0.25, -0.2) is 0 Å². The molecule has 7 nitrogen and oxygen atoms in total. The van der Waals surface area contributed by atoms with Gasteiger partial charge in [0.1, 0.15) is 17.8 Å². The first kappa shape index (κ1) is 23.6. The minimum absolute atomic E-state index is 0.00303. The number of likely N-dealkylation sites (tertiary alicyclic amines) is 1. The molecule has 2 unspecified atom stereocenters. The third kappa shape index (κ3) is 2.77. The van der Waals surface area contributed by atoms with Crippen LogP contribution in [0.1, 0.15) is 51.0 Å². The van der Waals surface area contributed by atoms with Crippen LogP contribution in [0.5, 0.6) is 0 Å². The Morgan fingerprint density at radius 3 is 2.92 bits per heavy atom. The van der Waals surface area contributed by atoms with E-state index in [-0.39, 0.29) is 29.8 Å². The van der Waals surface area contributed by atoms with Crippen molar-refractivity contribution in [2.75, 3.05) is 13.1 Å². The van der Waals surface area contributed by atoms with Gasteiger partial charge in [-0.3, -0.25) is 9.88 Å². The lowest BCUT2D eigenvalue weighted by Gasteiger charge is -2.55. The summed E-state index contributed by atoms with van der Waals surface area (Å²) in [6, 6.07) is 8.61. The number of ether oxygens (including phenoxy) is 2. The lowest BCUT2D eigenvalue weighted by atomic mass is 9.56. The fourth-order valence-electron chi connectivity index (χ4n) is 9.99. The molecule has 1 aromatic heterocycles. The fraction of sp³-hybridized carbons (Fsp3) is 0.594. The van der Waals surface area contributed by atoms with Crippen molar-refractivity contribution in [3.05, 3.63) is 65.5 Å². The topological polar surface area (TPSA) is 104 Å². The molecule has 7 aliphatic rings. The van der Waals surface area contributed by atoms with Crippen LogP contribution in [0, 0.1) is 11.3 Å². The molecule has 10 atom stereocenters. The molecule has 204 valence electrons. The number of hydrogen-bond acceptors (Lipinski definition) is 7. The second-order valence-corrected chi connectivity index (χ2v) is 13.7.